The molecule has 0 unspecified atom stereocenters. The van der Waals surface area contributed by atoms with Gasteiger partial charge in [-0.05, 0) is 49.2 Å². The molecule has 2 heterocycles. The van der Waals surface area contributed by atoms with Crippen LogP contribution in [0.15, 0.2) is 64.9 Å². The number of anilines is 2. The average Bonchev–Trinajstić information content (AvgIpc) is 3.46. The van der Waals surface area contributed by atoms with Gasteiger partial charge in [0.2, 0.25) is 10.0 Å². The van der Waals surface area contributed by atoms with Crippen LogP contribution in [0.5, 0.6) is 0 Å². The predicted molar refractivity (Wildman–Crippen MR) is 115 cm³/mol. The number of aromatic nitrogens is 1. The summed E-state index contributed by atoms with van der Waals surface area (Å²) < 4.78 is 31.9. The summed E-state index contributed by atoms with van der Waals surface area (Å²) in [5.41, 5.74) is 1.87. The zero-order valence-corrected chi connectivity index (χ0v) is 17.8. The van der Waals surface area contributed by atoms with Gasteiger partial charge in [0, 0.05) is 24.2 Å². The third kappa shape index (κ3) is 4.69. The molecule has 1 saturated heterocycles. The van der Waals surface area contributed by atoms with Crippen molar-refractivity contribution in [1.82, 2.24) is 9.29 Å². The number of thiazole rings is 1. The molecule has 1 fully saturated rings. The third-order valence-corrected chi connectivity index (χ3v) is 7.44. The molecule has 4 rings (SSSR count). The van der Waals surface area contributed by atoms with Crippen LogP contribution in [0.2, 0.25) is 0 Å². The van der Waals surface area contributed by atoms with E-state index in [1.165, 1.54) is 39.9 Å². The van der Waals surface area contributed by atoms with Crippen LogP contribution < -0.4 is 5.32 Å². The van der Waals surface area contributed by atoms with Gasteiger partial charge in [0.25, 0.3) is 0 Å². The Hall–Kier alpha value is -2.75. The molecule has 0 aliphatic carbocycles. The first kappa shape index (κ1) is 20.5. The van der Waals surface area contributed by atoms with Crippen LogP contribution >= 0.6 is 11.3 Å². The van der Waals surface area contributed by atoms with E-state index in [-0.39, 0.29) is 11.5 Å². The summed E-state index contributed by atoms with van der Waals surface area (Å²) in [4.78, 5) is 16.9. The lowest BCUT2D eigenvalue weighted by atomic mass is 10.2. The number of carbonyl (C=O) groups excluding carboxylic acids is 1. The molecule has 3 aromatic rings. The molecule has 30 heavy (non-hydrogen) atoms. The molecule has 7 nitrogen and oxygen atoms in total. The van der Waals surface area contributed by atoms with Gasteiger partial charge in [0.05, 0.1) is 16.2 Å². The normalized spacial score (nSPS) is 14.5. The van der Waals surface area contributed by atoms with Crippen LogP contribution in [-0.4, -0.2) is 36.8 Å². The van der Waals surface area contributed by atoms with Crippen molar-refractivity contribution in [2.45, 2.75) is 24.3 Å². The summed E-state index contributed by atoms with van der Waals surface area (Å²) in [7, 11) is -3.49. The Bertz CT molecular complexity index is 1110. The van der Waals surface area contributed by atoms with Gasteiger partial charge in [0.1, 0.15) is 6.61 Å². The molecule has 2 aromatic carbocycles. The minimum absolute atomic E-state index is 0.0413. The Balaban J connectivity index is 1.34. The highest BCUT2D eigenvalue weighted by Crippen LogP contribution is 2.23. The second kappa shape index (κ2) is 8.95. The maximum atomic E-state index is 12.6. The number of rotatable bonds is 7. The smallest absolute Gasteiger partial charge is 0.338 e. The first-order valence-corrected chi connectivity index (χ1v) is 11.9. The molecule has 1 aromatic heterocycles. The van der Waals surface area contributed by atoms with Gasteiger partial charge in [-0.25, -0.2) is 18.2 Å². The van der Waals surface area contributed by atoms with Crippen LogP contribution in [0.3, 0.4) is 0 Å². The monoisotopic (exact) mass is 443 g/mol. The number of hydrogen-bond donors (Lipinski definition) is 1. The summed E-state index contributed by atoms with van der Waals surface area (Å²) in [6, 6.07) is 15.5. The number of esters is 1. The fraction of sp³-hybridized carbons (Fsp3) is 0.238. The van der Waals surface area contributed by atoms with E-state index in [1.54, 1.807) is 0 Å². The van der Waals surface area contributed by atoms with Crippen LogP contribution in [0.25, 0.3) is 0 Å². The standard InChI is InChI=1S/C21H21N3O4S2/c25-20(16-8-10-19(11-9-16)30(26,27)24-12-4-5-13-24)28-14-18-15-29-21(23-18)22-17-6-2-1-3-7-17/h1-3,6-11,15H,4-5,12-14H2,(H,22,23). The number of hydrogen-bond acceptors (Lipinski definition) is 7. The average molecular weight is 444 g/mol. The zero-order valence-electron chi connectivity index (χ0n) is 16.2. The molecule has 0 atom stereocenters. The van der Waals surface area contributed by atoms with Gasteiger partial charge >= 0.3 is 5.97 Å². The molecule has 1 aliphatic heterocycles. The van der Waals surface area contributed by atoms with Crippen LogP contribution in [0.4, 0.5) is 10.8 Å². The number of nitrogens with zero attached hydrogens (tertiary/aromatic N) is 2. The summed E-state index contributed by atoms with van der Waals surface area (Å²) >= 11 is 1.42. The van der Waals surface area contributed by atoms with Crippen molar-refractivity contribution < 1.29 is 17.9 Å². The second-order valence-electron chi connectivity index (χ2n) is 6.85. The van der Waals surface area contributed by atoms with Gasteiger partial charge in [-0.1, -0.05) is 18.2 Å². The lowest BCUT2D eigenvalue weighted by molar-refractivity contribution is 0.0468. The molecule has 0 amide bonds. The number of benzene rings is 2. The van der Waals surface area contributed by atoms with Gasteiger partial charge in [-0.3, -0.25) is 0 Å². The Labute approximate surface area is 179 Å². The quantitative estimate of drug-likeness (QED) is 0.555. The lowest BCUT2D eigenvalue weighted by Gasteiger charge is -2.15. The number of sulfonamides is 1. The maximum Gasteiger partial charge on any atom is 0.338 e. The summed E-state index contributed by atoms with van der Waals surface area (Å²) in [5, 5.41) is 5.73. The van der Waals surface area contributed by atoms with Crippen molar-refractivity contribution in [1.29, 1.82) is 0 Å². The van der Waals surface area contributed by atoms with E-state index in [0.29, 0.717) is 29.5 Å². The SMILES string of the molecule is O=C(OCc1csc(Nc2ccccc2)n1)c1ccc(S(=O)(=O)N2CCCC2)cc1. The fourth-order valence-corrected chi connectivity index (χ4v) is 5.37. The number of carbonyl (C=O) groups is 1. The zero-order chi connectivity index (χ0) is 21.0. The van der Waals surface area contributed by atoms with Crippen LogP contribution in [0, 0.1) is 0 Å². The topological polar surface area (TPSA) is 88.6 Å². The Morgan fingerprint density at radius 3 is 2.47 bits per heavy atom. The molecule has 1 N–H and O–H groups in total. The minimum atomic E-state index is -3.49. The van der Waals surface area contributed by atoms with E-state index in [0.717, 1.165) is 18.5 Å². The molecule has 0 radical (unpaired) electrons. The van der Waals surface area contributed by atoms with Crippen LogP contribution in [0.1, 0.15) is 28.9 Å². The van der Waals surface area contributed by atoms with Crippen molar-refractivity contribution in [3.8, 4) is 0 Å². The molecular formula is C21H21N3O4S2. The minimum Gasteiger partial charge on any atom is -0.456 e. The molecule has 0 spiro atoms. The molecular weight excluding hydrogens is 422 g/mol. The van der Waals surface area contributed by atoms with E-state index in [9.17, 15) is 13.2 Å². The highest BCUT2D eigenvalue weighted by molar-refractivity contribution is 7.89. The third-order valence-electron chi connectivity index (χ3n) is 4.72. The van der Waals surface area contributed by atoms with Gasteiger partial charge in [-0.15, -0.1) is 11.3 Å². The van der Waals surface area contributed by atoms with E-state index >= 15 is 0 Å². The van der Waals surface area contributed by atoms with Crippen molar-refractivity contribution in [3.63, 3.8) is 0 Å². The fourth-order valence-electron chi connectivity index (χ4n) is 3.14. The molecule has 0 bridgehead atoms. The second-order valence-corrected chi connectivity index (χ2v) is 9.64. The van der Waals surface area contributed by atoms with Crippen molar-refractivity contribution in [2.75, 3.05) is 18.4 Å². The summed E-state index contributed by atoms with van der Waals surface area (Å²) in [6.07, 6.45) is 1.76. The van der Waals surface area contributed by atoms with E-state index in [4.69, 9.17) is 4.74 Å². The van der Waals surface area contributed by atoms with Gasteiger partial charge in [-0.2, -0.15) is 4.31 Å². The van der Waals surface area contributed by atoms with Crippen molar-refractivity contribution in [3.05, 3.63) is 71.2 Å². The highest BCUT2D eigenvalue weighted by atomic mass is 32.2. The van der Waals surface area contributed by atoms with Gasteiger partial charge < -0.3 is 10.1 Å². The highest BCUT2D eigenvalue weighted by Gasteiger charge is 2.27. The lowest BCUT2D eigenvalue weighted by Crippen LogP contribution is -2.27. The Morgan fingerprint density at radius 2 is 1.77 bits per heavy atom. The number of nitrogens with one attached hydrogen (secondary N) is 1. The number of para-hydroxylation sites is 1. The van der Waals surface area contributed by atoms with Gasteiger partial charge in [0.15, 0.2) is 5.13 Å². The van der Waals surface area contributed by atoms with Crippen molar-refractivity contribution >= 4 is 38.1 Å². The molecule has 0 saturated carbocycles. The Morgan fingerprint density at radius 1 is 1.07 bits per heavy atom. The van der Waals surface area contributed by atoms with E-state index < -0.39 is 16.0 Å². The first-order chi connectivity index (χ1) is 14.5. The predicted octanol–water partition coefficient (Wildman–Crippen LogP) is 4.03. The Kier molecular flexibility index (Phi) is 6.12. The van der Waals surface area contributed by atoms with E-state index in [2.05, 4.69) is 10.3 Å². The maximum absolute atomic E-state index is 12.6. The number of ether oxygens (including phenoxy) is 1. The van der Waals surface area contributed by atoms with E-state index in [1.807, 2.05) is 35.7 Å². The first-order valence-electron chi connectivity index (χ1n) is 9.56. The van der Waals surface area contributed by atoms with Crippen molar-refractivity contribution in [2.24, 2.45) is 0 Å². The van der Waals surface area contributed by atoms with Crippen LogP contribution in [-0.2, 0) is 21.4 Å². The largest absolute Gasteiger partial charge is 0.456 e. The summed E-state index contributed by atoms with van der Waals surface area (Å²) in [5.74, 6) is -0.523. The molecule has 9 heteroatoms. The molecule has 156 valence electrons. The summed E-state index contributed by atoms with van der Waals surface area (Å²) in [6.45, 7) is 1.13. The molecule has 1 aliphatic rings.